The minimum atomic E-state index is -0.705. The fraction of sp³-hybridized carbons (Fsp3) is 0.500. The Morgan fingerprint density at radius 2 is 2.14 bits per heavy atom. The SMILES string of the molecule is O=C1C(Cc2cccc(Cl)c2F)NC(=O)C23CC(CCN12)C3. The number of rotatable bonds is 2. The molecule has 5 rings (SSSR count). The van der Waals surface area contributed by atoms with Crippen LogP contribution in [0.5, 0.6) is 0 Å². The van der Waals surface area contributed by atoms with Crippen molar-refractivity contribution in [2.45, 2.75) is 37.3 Å². The third-order valence-corrected chi connectivity index (χ3v) is 5.57. The van der Waals surface area contributed by atoms with E-state index in [-0.39, 0.29) is 23.3 Å². The lowest BCUT2D eigenvalue weighted by atomic mass is 9.61. The molecular formula is C16H16ClFN2O2. The Morgan fingerprint density at radius 3 is 2.91 bits per heavy atom. The van der Waals surface area contributed by atoms with Gasteiger partial charge in [-0.2, -0.15) is 0 Å². The Balaban J connectivity index is 1.60. The monoisotopic (exact) mass is 322 g/mol. The van der Waals surface area contributed by atoms with E-state index in [0.717, 1.165) is 19.3 Å². The number of carbonyl (C=O) groups excluding carboxylic acids is 2. The van der Waals surface area contributed by atoms with Crippen molar-refractivity contribution in [3.63, 3.8) is 0 Å². The number of benzene rings is 1. The quantitative estimate of drug-likeness (QED) is 0.904. The Morgan fingerprint density at radius 1 is 1.36 bits per heavy atom. The van der Waals surface area contributed by atoms with Crippen LogP contribution in [0.3, 0.4) is 0 Å². The van der Waals surface area contributed by atoms with Crippen molar-refractivity contribution in [3.05, 3.63) is 34.6 Å². The van der Waals surface area contributed by atoms with Gasteiger partial charge in [-0.3, -0.25) is 9.59 Å². The smallest absolute Gasteiger partial charge is 0.246 e. The van der Waals surface area contributed by atoms with E-state index in [1.54, 1.807) is 17.0 Å². The zero-order valence-corrected chi connectivity index (χ0v) is 12.7. The Kier molecular flexibility index (Phi) is 2.98. The summed E-state index contributed by atoms with van der Waals surface area (Å²) in [5, 5.41) is 2.83. The summed E-state index contributed by atoms with van der Waals surface area (Å²) in [6.07, 6.45) is 2.62. The third kappa shape index (κ3) is 1.81. The molecule has 116 valence electrons. The van der Waals surface area contributed by atoms with Crippen molar-refractivity contribution in [2.24, 2.45) is 5.92 Å². The van der Waals surface area contributed by atoms with Crippen molar-refractivity contribution in [1.29, 1.82) is 0 Å². The number of piperidine rings is 2. The van der Waals surface area contributed by atoms with Crippen LogP contribution >= 0.6 is 11.6 Å². The van der Waals surface area contributed by atoms with Crippen LogP contribution in [0.4, 0.5) is 4.39 Å². The summed E-state index contributed by atoms with van der Waals surface area (Å²) < 4.78 is 14.0. The summed E-state index contributed by atoms with van der Waals surface area (Å²) in [6, 6.07) is 4.01. The number of amides is 2. The second-order valence-corrected chi connectivity index (χ2v) is 6.93. The highest BCUT2D eigenvalue weighted by Crippen LogP contribution is 2.50. The van der Waals surface area contributed by atoms with E-state index in [1.165, 1.54) is 6.07 Å². The lowest BCUT2D eigenvalue weighted by molar-refractivity contribution is -0.176. The molecule has 0 radical (unpaired) electrons. The van der Waals surface area contributed by atoms with Gasteiger partial charge in [0.1, 0.15) is 17.4 Å². The predicted octanol–water partition coefficient (Wildman–Crippen LogP) is 1.90. The predicted molar refractivity (Wildman–Crippen MR) is 78.8 cm³/mol. The Hall–Kier alpha value is -1.62. The first-order chi connectivity index (χ1) is 10.5. The molecule has 3 aliphatic heterocycles. The summed E-state index contributed by atoms with van der Waals surface area (Å²) in [4.78, 5) is 26.9. The van der Waals surface area contributed by atoms with Crippen LogP contribution in [0.2, 0.25) is 5.02 Å². The molecule has 22 heavy (non-hydrogen) atoms. The first-order valence-corrected chi connectivity index (χ1v) is 7.94. The Labute approximate surface area is 132 Å². The molecule has 1 saturated carbocycles. The minimum Gasteiger partial charge on any atom is -0.342 e. The summed E-state index contributed by atoms with van der Waals surface area (Å²) in [5.41, 5.74) is -0.269. The van der Waals surface area contributed by atoms with Crippen LogP contribution in [-0.2, 0) is 16.0 Å². The molecule has 4 fully saturated rings. The number of piperazine rings is 1. The van der Waals surface area contributed by atoms with Crippen molar-refractivity contribution in [2.75, 3.05) is 6.54 Å². The summed E-state index contributed by atoms with van der Waals surface area (Å²) >= 11 is 5.78. The van der Waals surface area contributed by atoms with Gasteiger partial charge in [-0.05, 0) is 36.8 Å². The number of halogens is 2. The highest BCUT2D eigenvalue weighted by atomic mass is 35.5. The largest absolute Gasteiger partial charge is 0.342 e. The number of hydrogen-bond donors (Lipinski definition) is 1. The maximum absolute atomic E-state index is 14.0. The zero-order valence-electron chi connectivity index (χ0n) is 11.9. The number of hydrogen-bond acceptors (Lipinski definition) is 2. The van der Waals surface area contributed by atoms with E-state index in [4.69, 9.17) is 11.6 Å². The molecule has 1 atom stereocenters. The van der Waals surface area contributed by atoms with E-state index in [0.29, 0.717) is 18.0 Å². The van der Waals surface area contributed by atoms with Crippen molar-refractivity contribution in [3.8, 4) is 0 Å². The average Bonchev–Trinajstić information content (AvgIpc) is 2.48. The van der Waals surface area contributed by atoms with E-state index in [2.05, 4.69) is 5.32 Å². The number of fused-ring (bicyclic) bond motifs is 1. The van der Waals surface area contributed by atoms with Crippen molar-refractivity contribution in [1.82, 2.24) is 10.2 Å². The first-order valence-electron chi connectivity index (χ1n) is 7.56. The highest BCUT2D eigenvalue weighted by Gasteiger charge is 2.61. The molecule has 1 unspecified atom stereocenters. The van der Waals surface area contributed by atoms with Crippen LogP contribution in [0.25, 0.3) is 0 Å². The fourth-order valence-corrected chi connectivity index (χ4v) is 4.28. The van der Waals surface area contributed by atoms with E-state index in [1.807, 2.05) is 0 Å². The topological polar surface area (TPSA) is 49.4 Å². The maximum atomic E-state index is 14.0. The number of nitrogens with one attached hydrogen (secondary N) is 1. The second-order valence-electron chi connectivity index (χ2n) is 6.53. The molecule has 6 heteroatoms. The molecule has 3 saturated heterocycles. The van der Waals surface area contributed by atoms with Gasteiger partial charge >= 0.3 is 0 Å². The van der Waals surface area contributed by atoms with Gasteiger partial charge in [-0.25, -0.2) is 4.39 Å². The fourth-order valence-electron chi connectivity index (χ4n) is 4.08. The lowest BCUT2D eigenvalue weighted by Crippen LogP contribution is -2.77. The molecule has 1 aliphatic carbocycles. The molecule has 2 amide bonds. The van der Waals surface area contributed by atoms with Crippen LogP contribution in [0.1, 0.15) is 24.8 Å². The van der Waals surface area contributed by atoms with Crippen molar-refractivity contribution >= 4 is 23.4 Å². The van der Waals surface area contributed by atoms with Gasteiger partial charge in [0.25, 0.3) is 0 Å². The first kappa shape index (κ1) is 14.0. The molecule has 0 aromatic heterocycles. The van der Waals surface area contributed by atoms with Crippen LogP contribution in [0, 0.1) is 11.7 Å². The number of carbonyl (C=O) groups is 2. The highest BCUT2D eigenvalue weighted by molar-refractivity contribution is 6.30. The van der Waals surface area contributed by atoms with Gasteiger partial charge in [0, 0.05) is 13.0 Å². The third-order valence-electron chi connectivity index (χ3n) is 5.28. The minimum absolute atomic E-state index is 0.0309. The van der Waals surface area contributed by atoms with E-state index >= 15 is 0 Å². The zero-order chi connectivity index (χ0) is 15.5. The lowest BCUT2D eigenvalue weighted by Gasteiger charge is -2.60. The molecule has 3 heterocycles. The van der Waals surface area contributed by atoms with Crippen LogP contribution in [-0.4, -0.2) is 34.8 Å². The molecule has 1 spiro atoms. The molecule has 1 aromatic rings. The van der Waals surface area contributed by atoms with Gasteiger partial charge < -0.3 is 10.2 Å². The van der Waals surface area contributed by atoms with Crippen molar-refractivity contribution < 1.29 is 14.0 Å². The van der Waals surface area contributed by atoms with Gasteiger partial charge in [0.15, 0.2) is 0 Å². The van der Waals surface area contributed by atoms with E-state index < -0.39 is 17.4 Å². The van der Waals surface area contributed by atoms with Gasteiger partial charge in [0.2, 0.25) is 11.8 Å². The summed E-state index contributed by atoms with van der Waals surface area (Å²) in [7, 11) is 0. The summed E-state index contributed by atoms with van der Waals surface area (Å²) in [5.74, 6) is -0.141. The molecule has 2 bridgehead atoms. The molecule has 4 aliphatic rings. The molecule has 1 aromatic carbocycles. The average molecular weight is 323 g/mol. The van der Waals surface area contributed by atoms with Gasteiger partial charge in [-0.15, -0.1) is 0 Å². The normalized spacial score (nSPS) is 33.1. The van der Waals surface area contributed by atoms with Gasteiger partial charge in [0.05, 0.1) is 5.02 Å². The van der Waals surface area contributed by atoms with E-state index in [9.17, 15) is 14.0 Å². The number of nitrogens with zero attached hydrogens (tertiary/aromatic N) is 1. The standard InChI is InChI=1S/C16H16ClFN2O2/c17-11-3-1-2-10(13(11)18)6-12-14(21)20-5-4-9-7-16(20,8-9)15(22)19-12/h1-3,9,12H,4-8H2,(H,19,22). The summed E-state index contributed by atoms with van der Waals surface area (Å²) in [6.45, 7) is 0.630. The molecule has 4 nitrogen and oxygen atoms in total. The van der Waals surface area contributed by atoms with Gasteiger partial charge in [-0.1, -0.05) is 23.7 Å². The Bertz CT molecular complexity index is 672. The molecule has 1 N–H and O–H groups in total. The van der Waals surface area contributed by atoms with Crippen LogP contribution < -0.4 is 5.32 Å². The second kappa shape index (κ2) is 4.69. The maximum Gasteiger partial charge on any atom is 0.246 e. The molecular weight excluding hydrogens is 307 g/mol. The van der Waals surface area contributed by atoms with Crippen LogP contribution in [0.15, 0.2) is 18.2 Å².